The van der Waals surface area contributed by atoms with Crippen molar-refractivity contribution < 1.29 is 5.11 Å². The third kappa shape index (κ3) is 2.15. The molecule has 0 aliphatic carbocycles. The van der Waals surface area contributed by atoms with Crippen LogP contribution in [0.25, 0.3) is 0 Å². The van der Waals surface area contributed by atoms with Crippen LogP contribution in [0.5, 0.6) is 0 Å². The fraction of sp³-hybridized carbons (Fsp3) is 0.200. The molecule has 1 aromatic rings. The van der Waals surface area contributed by atoms with Crippen LogP contribution in [0.15, 0.2) is 12.1 Å². The van der Waals surface area contributed by atoms with Crippen molar-refractivity contribution in [2.24, 2.45) is 0 Å². The van der Waals surface area contributed by atoms with Gasteiger partial charge in [0.15, 0.2) is 0 Å². The largest absolute Gasteiger partial charge is 0.398 e. The van der Waals surface area contributed by atoms with Gasteiger partial charge in [-0.25, -0.2) is 0 Å². The molecular weight excluding hydrogens is 186 g/mol. The first-order chi connectivity index (χ1) is 6.16. The van der Waals surface area contributed by atoms with E-state index in [0.29, 0.717) is 16.3 Å². The number of anilines is 1. The van der Waals surface area contributed by atoms with E-state index in [1.807, 2.05) is 6.92 Å². The van der Waals surface area contributed by atoms with Gasteiger partial charge in [0, 0.05) is 11.3 Å². The van der Waals surface area contributed by atoms with Gasteiger partial charge in [-0.15, -0.1) is 0 Å². The first-order valence-electron chi connectivity index (χ1n) is 3.81. The molecule has 0 amide bonds. The van der Waals surface area contributed by atoms with E-state index in [2.05, 4.69) is 11.8 Å². The topological polar surface area (TPSA) is 46.2 Å². The van der Waals surface area contributed by atoms with E-state index in [0.717, 1.165) is 5.56 Å². The molecule has 0 unspecified atom stereocenters. The van der Waals surface area contributed by atoms with Crippen molar-refractivity contribution in [1.82, 2.24) is 0 Å². The minimum absolute atomic E-state index is 0.167. The van der Waals surface area contributed by atoms with E-state index in [9.17, 15) is 0 Å². The van der Waals surface area contributed by atoms with E-state index in [-0.39, 0.29) is 6.61 Å². The third-order valence-corrected chi connectivity index (χ3v) is 2.22. The Balaban J connectivity index is 3.18. The maximum atomic E-state index is 8.50. The quantitative estimate of drug-likeness (QED) is 0.488. The van der Waals surface area contributed by atoms with Gasteiger partial charge >= 0.3 is 0 Å². The van der Waals surface area contributed by atoms with Gasteiger partial charge in [-0.1, -0.05) is 23.4 Å². The second-order valence-electron chi connectivity index (χ2n) is 2.60. The number of hydrogen-bond acceptors (Lipinski definition) is 2. The van der Waals surface area contributed by atoms with Crippen molar-refractivity contribution in [3.05, 3.63) is 28.3 Å². The van der Waals surface area contributed by atoms with Crippen molar-refractivity contribution in [3.63, 3.8) is 0 Å². The first kappa shape index (κ1) is 9.91. The Labute approximate surface area is 82.3 Å². The number of benzene rings is 1. The molecule has 3 N–H and O–H groups in total. The Bertz CT molecular complexity index is 376. The van der Waals surface area contributed by atoms with Crippen LogP contribution in [0.2, 0.25) is 5.02 Å². The molecule has 0 radical (unpaired) electrons. The Kier molecular flexibility index (Phi) is 3.18. The summed E-state index contributed by atoms with van der Waals surface area (Å²) in [6.07, 6.45) is 0. The Hall–Kier alpha value is -1.17. The lowest BCUT2D eigenvalue weighted by Crippen LogP contribution is -1.92. The summed E-state index contributed by atoms with van der Waals surface area (Å²) in [6.45, 7) is 1.67. The van der Waals surface area contributed by atoms with Crippen molar-refractivity contribution in [2.45, 2.75) is 6.92 Å². The third-order valence-electron chi connectivity index (χ3n) is 1.73. The Morgan fingerprint density at radius 2 is 2.23 bits per heavy atom. The predicted molar refractivity (Wildman–Crippen MR) is 54.6 cm³/mol. The molecule has 1 rings (SSSR count). The first-order valence-corrected chi connectivity index (χ1v) is 4.19. The highest BCUT2D eigenvalue weighted by Gasteiger charge is 2.03. The maximum Gasteiger partial charge on any atom is 0.104 e. The number of aliphatic hydroxyl groups excluding tert-OH is 1. The minimum atomic E-state index is -0.167. The van der Waals surface area contributed by atoms with E-state index in [1.165, 1.54) is 0 Å². The highest BCUT2D eigenvalue weighted by molar-refractivity contribution is 6.32. The number of rotatable bonds is 0. The summed E-state index contributed by atoms with van der Waals surface area (Å²) in [5.41, 5.74) is 7.81. The van der Waals surface area contributed by atoms with Gasteiger partial charge in [-0.3, -0.25) is 0 Å². The van der Waals surface area contributed by atoms with Crippen LogP contribution in [0.4, 0.5) is 5.69 Å². The van der Waals surface area contributed by atoms with Gasteiger partial charge in [0.05, 0.1) is 5.02 Å². The molecule has 0 atom stereocenters. The maximum absolute atomic E-state index is 8.50. The van der Waals surface area contributed by atoms with Crippen LogP contribution in [-0.4, -0.2) is 11.7 Å². The molecule has 1 aromatic carbocycles. The Morgan fingerprint density at radius 3 is 2.85 bits per heavy atom. The molecule has 0 saturated carbocycles. The van der Waals surface area contributed by atoms with Gasteiger partial charge in [-0.2, -0.15) is 0 Å². The van der Waals surface area contributed by atoms with E-state index in [1.54, 1.807) is 12.1 Å². The second kappa shape index (κ2) is 4.18. The van der Waals surface area contributed by atoms with Crippen molar-refractivity contribution in [2.75, 3.05) is 12.3 Å². The standard InChI is InChI=1S/C10H10ClNO/c1-7-9(12)5-4-8(10(7)11)3-2-6-13/h4-5,13H,6,12H2,1H3. The van der Waals surface area contributed by atoms with Crippen molar-refractivity contribution >= 4 is 17.3 Å². The summed E-state index contributed by atoms with van der Waals surface area (Å²) >= 11 is 5.97. The highest BCUT2D eigenvalue weighted by atomic mass is 35.5. The summed E-state index contributed by atoms with van der Waals surface area (Å²) in [7, 11) is 0. The molecular formula is C10H10ClNO. The molecule has 0 heterocycles. The van der Waals surface area contributed by atoms with Crippen LogP contribution in [0, 0.1) is 18.8 Å². The number of nitrogen functional groups attached to an aromatic ring is 1. The average Bonchev–Trinajstić information content (AvgIpc) is 2.13. The zero-order chi connectivity index (χ0) is 9.84. The zero-order valence-electron chi connectivity index (χ0n) is 7.26. The summed E-state index contributed by atoms with van der Waals surface area (Å²) in [4.78, 5) is 0. The molecule has 0 aliphatic rings. The summed E-state index contributed by atoms with van der Waals surface area (Å²) in [6, 6.07) is 3.50. The van der Waals surface area contributed by atoms with Gasteiger partial charge in [0.2, 0.25) is 0 Å². The summed E-state index contributed by atoms with van der Waals surface area (Å²) in [5.74, 6) is 5.28. The fourth-order valence-electron chi connectivity index (χ4n) is 0.931. The number of aliphatic hydroxyl groups is 1. The molecule has 3 heteroatoms. The summed E-state index contributed by atoms with van der Waals surface area (Å²) < 4.78 is 0. The monoisotopic (exact) mass is 195 g/mol. The molecule has 68 valence electrons. The number of nitrogens with two attached hydrogens (primary N) is 1. The van der Waals surface area contributed by atoms with Crippen molar-refractivity contribution in [1.29, 1.82) is 0 Å². The normalized spacial score (nSPS) is 9.15. The minimum Gasteiger partial charge on any atom is -0.398 e. The summed E-state index contributed by atoms with van der Waals surface area (Å²) in [5, 5.41) is 9.06. The highest BCUT2D eigenvalue weighted by Crippen LogP contribution is 2.24. The second-order valence-corrected chi connectivity index (χ2v) is 2.98. The van der Waals surface area contributed by atoms with E-state index in [4.69, 9.17) is 22.4 Å². The van der Waals surface area contributed by atoms with E-state index >= 15 is 0 Å². The van der Waals surface area contributed by atoms with Gasteiger partial charge in [0.1, 0.15) is 6.61 Å². The Morgan fingerprint density at radius 1 is 1.54 bits per heavy atom. The van der Waals surface area contributed by atoms with E-state index < -0.39 is 0 Å². The van der Waals surface area contributed by atoms with Gasteiger partial charge in [-0.05, 0) is 24.6 Å². The lowest BCUT2D eigenvalue weighted by atomic mass is 10.1. The molecule has 0 fully saturated rings. The smallest absolute Gasteiger partial charge is 0.104 e. The van der Waals surface area contributed by atoms with Crippen LogP contribution in [0.3, 0.4) is 0 Å². The molecule has 0 spiro atoms. The van der Waals surface area contributed by atoms with Gasteiger partial charge in [0.25, 0.3) is 0 Å². The molecule has 0 bridgehead atoms. The predicted octanol–water partition coefficient (Wildman–Crippen LogP) is 1.57. The number of halogens is 1. The fourth-order valence-corrected chi connectivity index (χ4v) is 1.15. The zero-order valence-corrected chi connectivity index (χ0v) is 8.02. The molecule has 2 nitrogen and oxygen atoms in total. The average molecular weight is 196 g/mol. The van der Waals surface area contributed by atoms with Crippen LogP contribution in [0.1, 0.15) is 11.1 Å². The van der Waals surface area contributed by atoms with Crippen LogP contribution < -0.4 is 5.73 Å². The molecule has 0 aromatic heterocycles. The molecule has 13 heavy (non-hydrogen) atoms. The number of hydrogen-bond donors (Lipinski definition) is 2. The van der Waals surface area contributed by atoms with Gasteiger partial charge < -0.3 is 10.8 Å². The lowest BCUT2D eigenvalue weighted by molar-refractivity contribution is 0.350. The molecule has 0 saturated heterocycles. The lowest BCUT2D eigenvalue weighted by Gasteiger charge is -2.03. The van der Waals surface area contributed by atoms with Crippen LogP contribution in [-0.2, 0) is 0 Å². The molecule has 0 aliphatic heterocycles. The van der Waals surface area contributed by atoms with Crippen LogP contribution >= 0.6 is 11.6 Å². The van der Waals surface area contributed by atoms with Crippen molar-refractivity contribution in [3.8, 4) is 11.8 Å². The SMILES string of the molecule is Cc1c(N)ccc(C#CCO)c1Cl.